The van der Waals surface area contributed by atoms with E-state index in [9.17, 15) is 0 Å². The average Bonchev–Trinajstić information content (AvgIpc) is 3.16. The topological polar surface area (TPSA) is 57.8 Å². The van der Waals surface area contributed by atoms with Crippen molar-refractivity contribution < 1.29 is 0 Å². The number of rotatable bonds is 8. The van der Waals surface area contributed by atoms with Crippen LogP contribution in [0.5, 0.6) is 0 Å². The van der Waals surface area contributed by atoms with Gasteiger partial charge in [-0.1, -0.05) is 50.8 Å². The Morgan fingerprint density at radius 3 is 2.73 bits per heavy atom. The molecule has 0 aliphatic carbocycles. The summed E-state index contributed by atoms with van der Waals surface area (Å²) in [6.07, 6.45) is 6.49. The van der Waals surface area contributed by atoms with Gasteiger partial charge in [0, 0.05) is 55.4 Å². The first kappa shape index (κ1) is 21.6. The fourth-order valence-electron chi connectivity index (χ4n) is 3.74. The van der Waals surface area contributed by atoms with Crippen molar-refractivity contribution in [2.24, 2.45) is 16.8 Å². The van der Waals surface area contributed by atoms with Crippen LogP contribution in [0.3, 0.4) is 0 Å². The number of nitrogens with two attached hydrogens (primary N) is 1. The molecule has 2 aromatic rings. The Bertz CT molecular complexity index is 1000. The van der Waals surface area contributed by atoms with Crippen molar-refractivity contribution in [3.05, 3.63) is 72.3 Å². The third kappa shape index (κ3) is 4.56. The number of nitrogens with zero attached hydrogens (tertiary/aromatic N) is 4. The minimum absolute atomic E-state index is 0.224. The molecule has 0 fully saturated rings. The summed E-state index contributed by atoms with van der Waals surface area (Å²) in [7, 11) is 1.98. The first-order chi connectivity index (χ1) is 14.3. The number of fused-ring (bicyclic) bond motifs is 1. The minimum Gasteiger partial charge on any atom is -0.403 e. The first-order valence-electron chi connectivity index (χ1n) is 10.5. The molecule has 1 aromatic carbocycles. The lowest BCUT2D eigenvalue weighted by molar-refractivity contribution is 0.380. The molecule has 0 saturated heterocycles. The standard InChI is InChI=1S/C25H33N5/c1-17(2)19(5)10-11-30(18(3)4)25(13-26)22-9-7-8-20-12-24(27-15-23(20)22)21-14-28-29(6)16-21/h7-9,12-15,17,21H,3,5,10-11,16,26H2,1-2,4,6H3/b25-13-. The molecule has 5 nitrogen and oxygen atoms in total. The molecular formula is C25H33N5. The Kier molecular flexibility index (Phi) is 6.60. The number of likely N-dealkylation sites (N-methyl/N-ethyl adjacent to an activating group) is 1. The molecule has 158 valence electrons. The van der Waals surface area contributed by atoms with E-state index in [1.54, 1.807) is 6.20 Å². The summed E-state index contributed by atoms with van der Waals surface area (Å²) in [6.45, 7) is 16.4. The van der Waals surface area contributed by atoms with Crippen LogP contribution in [0.15, 0.2) is 66.2 Å². The summed E-state index contributed by atoms with van der Waals surface area (Å²) >= 11 is 0. The molecule has 0 saturated carbocycles. The van der Waals surface area contributed by atoms with E-state index in [0.717, 1.165) is 52.9 Å². The van der Waals surface area contributed by atoms with Gasteiger partial charge in [0.15, 0.2) is 0 Å². The van der Waals surface area contributed by atoms with Gasteiger partial charge in [-0.25, -0.2) is 0 Å². The second kappa shape index (κ2) is 9.16. The maximum atomic E-state index is 6.13. The van der Waals surface area contributed by atoms with E-state index in [0.29, 0.717) is 5.92 Å². The molecule has 1 aliphatic heterocycles. The lowest BCUT2D eigenvalue weighted by Gasteiger charge is -2.29. The summed E-state index contributed by atoms with van der Waals surface area (Å²) < 4.78 is 0. The summed E-state index contributed by atoms with van der Waals surface area (Å²) in [5.74, 6) is 0.683. The number of pyridine rings is 1. The van der Waals surface area contributed by atoms with E-state index >= 15 is 0 Å². The van der Waals surface area contributed by atoms with Crippen LogP contribution < -0.4 is 5.73 Å². The van der Waals surface area contributed by atoms with Crippen molar-refractivity contribution >= 4 is 22.7 Å². The van der Waals surface area contributed by atoms with Crippen LogP contribution in [0, 0.1) is 5.92 Å². The number of hydrogen-bond donors (Lipinski definition) is 1. The normalized spacial score (nSPS) is 16.5. The third-order valence-corrected chi connectivity index (χ3v) is 5.73. The molecule has 1 aromatic heterocycles. The fourth-order valence-corrected chi connectivity index (χ4v) is 3.74. The molecule has 0 amide bonds. The Morgan fingerprint density at radius 1 is 1.37 bits per heavy atom. The number of hydrogen-bond acceptors (Lipinski definition) is 5. The van der Waals surface area contributed by atoms with E-state index in [2.05, 4.69) is 61.3 Å². The molecule has 0 bridgehead atoms. The van der Waals surface area contributed by atoms with E-state index in [4.69, 9.17) is 10.7 Å². The van der Waals surface area contributed by atoms with E-state index in [1.165, 1.54) is 5.57 Å². The van der Waals surface area contributed by atoms with Gasteiger partial charge in [-0.05, 0) is 30.7 Å². The first-order valence-corrected chi connectivity index (χ1v) is 10.5. The Hall–Kier alpha value is -3.08. The van der Waals surface area contributed by atoms with Gasteiger partial charge in [0.05, 0.1) is 17.3 Å². The van der Waals surface area contributed by atoms with E-state index in [-0.39, 0.29) is 5.92 Å². The second-order valence-corrected chi connectivity index (χ2v) is 8.35. The molecule has 30 heavy (non-hydrogen) atoms. The molecule has 0 spiro atoms. The maximum absolute atomic E-state index is 6.13. The van der Waals surface area contributed by atoms with Crippen LogP contribution in [-0.2, 0) is 0 Å². The smallest absolute Gasteiger partial charge is 0.0645 e. The predicted molar refractivity (Wildman–Crippen MR) is 128 cm³/mol. The van der Waals surface area contributed by atoms with Crippen LogP contribution in [-0.4, -0.2) is 41.2 Å². The molecule has 5 heteroatoms. The van der Waals surface area contributed by atoms with Gasteiger partial charge in [0.2, 0.25) is 0 Å². The SMILES string of the molecule is C=C(CCN(C(=C)C)/C(=C\N)c1cccc2cc(C3C=NN(C)C3)ncc12)C(C)C. The summed E-state index contributed by atoms with van der Waals surface area (Å²) in [5.41, 5.74) is 11.4. The molecule has 1 aliphatic rings. The summed E-state index contributed by atoms with van der Waals surface area (Å²) in [5, 5.41) is 8.51. The van der Waals surface area contributed by atoms with Gasteiger partial charge in [0.1, 0.15) is 0 Å². The van der Waals surface area contributed by atoms with Crippen LogP contribution in [0.25, 0.3) is 16.5 Å². The van der Waals surface area contributed by atoms with Crippen LogP contribution in [0.4, 0.5) is 0 Å². The summed E-state index contributed by atoms with van der Waals surface area (Å²) in [4.78, 5) is 6.94. The zero-order valence-corrected chi connectivity index (χ0v) is 18.6. The van der Waals surface area contributed by atoms with Crippen LogP contribution in [0.2, 0.25) is 0 Å². The molecule has 0 radical (unpaired) electrons. The highest BCUT2D eigenvalue weighted by Crippen LogP contribution is 2.31. The van der Waals surface area contributed by atoms with Gasteiger partial charge < -0.3 is 10.6 Å². The molecule has 1 unspecified atom stereocenters. The van der Waals surface area contributed by atoms with E-state index in [1.807, 2.05) is 31.4 Å². The van der Waals surface area contributed by atoms with Gasteiger partial charge in [0.25, 0.3) is 0 Å². The van der Waals surface area contributed by atoms with Gasteiger partial charge >= 0.3 is 0 Å². The zero-order valence-electron chi connectivity index (χ0n) is 18.6. The highest BCUT2D eigenvalue weighted by molar-refractivity contribution is 5.93. The highest BCUT2D eigenvalue weighted by atomic mass is 15.4. The van der Waals surface area contributed by atoms with Crippen molar-refractivity contribution in [1.82, 2.24) is 14.9 Å². The van der Waals surface area contributed by atoms with Gasteiger partial charge in [-0.2, -0.15) is 5.10 Å². The average molecular weight is 404 g/mol. The summed E-state index contributed by atoms with van der Waals surface area (Å²) in [6, 6.07) is 8.46. The molecule has 3 rings (SSSR count). The van der Waals surface area contributed by atoms with Crippen molar-refractivity contribution in [2.75, 3.05) is 20.1 Å². The molecule has 2 heterocycles. The quantitative estimate of drug-likeness (QED) is 0.634. The lowest BCUT2D eigenvalue weighted by Crippen LogP contribution is -2.23. The van der Waals surface area contributed by atoms with Crippen molar-refractivity contribution in [3.8, 4) is 0 Å². The van der Waals surface area contributed by atoms with Crippen LogP contribution >= 0.6 is 0 Å². The van der Waals surface area contributed by atoms with E-state index < -0.39 is 0 Å². The van der Waals surface area contributed by atoms with Crippen molar-refractivity contribution in [1.29, 1.82) is 0 Å². The van der Waals surface area contributed by atoms with Gasteiger partial charge in [-0.15, -0.1) is 0 Å². The monoisotopic (exact) mass is 403 g/mol. The largest absolute Gasteiger partial charge is 0.403 e. The number of allylic oxidation sites excluding steroid dienone is 1. The lowest BCUT2D eigenvalue weighted by atomic mass is 9.98. The Labute approximate surface area is 180 Å². The van der Waals surface area contributed by atoms with Crippen molar-refractivity contribution in [3.63, 3.8) is 0 Å². The molecular weight excluding hydrogens is 370 g/mol. The Balaban J connectivity index is 1.95. The Morgan fingerprint density at radius 2 is 2.13 bits per heavy atom. The predicted octanol–water partition coefficient (Wildman–Crippen LogP) is 4.94. The number of aromatic nitrogens is 1. The van der Waals surface area contributed by atoms with Gasteiger partial charge in [-0.3, -0.25) is 9.99 Å². The molecule has 2 N–H and O–H groups in total. The van der Waals surface area contributed by atoms with Crippen molar-refractivity contribution in [2.45, 2.75) is 33.1 Å². The zero-order chi connectivity index (χ0) is 21.8. The van der Waals surface area contributed by atoms with Crippen LogP contribution in [0.1, 0.15) is 44.4 Å². The number of benzene rings is 1. The minimum atomic E-state index is 0.224. The maximum Gasteiger partial charge on any atom is 0.0645 e. The highest BCUT2D eigenvalue weighted by Gasteiger charge is 2.20. The fraction of sp³-hybridized carbons (Fsp3) is 0.360. The number of hydrazone groups is 1. The third-order valence-electron chi connectivity index (χ3n) is 5.73. The second-order valence-electron chi connectivity index (χ2n) is 8.35. The molecule has 1 atom stereocenters.